The number of nitrogens with one attached hydrogen (secondary N) is 1. The number of urea groups is 1. The number of hydrogen-bond acceptors (Lipinski definition) is 3. The first kappa shape index (κ1) is 17.8. The molecule has 2 atom stereocenters. The van der Waals surface area contributed by atoms with E-state index in [0.29, 0.717) is 31.7 Å². The van der Waals surface area contributed by atoms with Crippen LogP contribution in [-0.4, -0.2) is 78.4 Å². The lowest BCUT2D eigenvalue weighted by atomic mass is 9.75. The summed E-state index contributed by atoms with van der Waals surface area (Å²) in [5, 5.41) is 3.23. The smallest absolute Gasteiger partial charge is 0.319 e. The number of likely N-dealkylation sites (tertiary alicyclic amines) is 2. The molecular weight excluding hydrogens is 344 g/mol. The summed E-state index contributed by atoms with van der Waals surface area (Å²) in [5.41, 5.74) is 0.404. The lowest BCUT2D eigenvalue weighted by Gasteiger charge is -2.42. The van der Waals surface area contributed by atoms with E-state index in [4.69, 9.17) is 0 Å². The summed E-state index contributed by atoms with van der Waals surface area (Å²) in [6.07, 6.45) is 1.48. The van der Waals surface area contributed by atoms with Crippen molar-refractivity contribution in [2.75, 3.05) is 40.3 Å². The molecule has 1 N–H and O–H groups in total. The van der Waals surface area contributed by atoms with Gasteiger partial charge in [-0.05, 0) is 25.0 Å². The van der Waals surface area contributed by atoms with E-state index in [1.165, 1.54) is 0 Å². The first-order chi connectivity index (χ1) is 12.9. The van der Waals surface area contributed by atoms with E-state index in [0.717, 1.165) is 12.8 Å². The Bertz CT molecular complexity index is 756. The highest BCUT2D eigenvalue weighted by Gasteiger charge is 2.58. The van der Waals surface area contributed by atoms with Gasteiger partial charge in [-0.3, -0.25) is 9.59 Å². The molecule has 1 aromatic carbocycles. The second-order valence-corrected chi connectivity index (χ2v) is 8.10. The molecule has 0 aromatic heterocycles. The largest absolute Gasteiger partial charge is 0.350 e. The highest BCUT2D eigenvalue weighted by Crippen LogP contribution is 2.44. The van der Waals surface area contributed by atoms with Gasteiger partial charge < -0.3 is 20.0 Å². The first-order valence-corrected chi connectivity index (χ1v) is 9.54. The first-order valence-electron chi connectivity index (χ1n) is 9.54. The lowest BCUT2D eigenvalue weighted by molar-refractivity contribution is -0.123. The van der Waals surface area contributed by atoms with Gasteiger partial charge in [0, 0.05) is 57.3 Å². The van der Waals surface area contributed by atoms with Crippen LogP contribution < -0.4 is 5.32 Å². The number of nitrogens with zero attached hydrogens (tertiary/aromatic N) is 3. The summed E-state index contributed by atoms with van der Waals surface area (Å²) in [6, 6.07) is 9.27. The molecule has 0 saturated carbocycles. The van der Waals surface area contributed by atoms with Crippen molar-refractivity contribution in [2.45, 2.75) is 18.4 Å². The van der Waals surface area contributed by atoms with Gasteiger partial charge in [0.25, 0.3) is 5.91 Å². The number of hydrogen-bond donors (Lipinski definition) is 1. The zero-order chi connectivity index (χ0) is 19.2. The average molecular weight is 370 g/mol. The lowest BCUT2D eigenvalue weighted by Crippen LogP contribution is -2.56. The monoisotopic (exact) mass is 370 g/mol. The molecule has 0 radical (unpaired) electrons. The van der Waals surface area contributed by atoms with Crippen LogP contribution in [-0.2, 0) is 4.79 Å². The van der Waals surface area contributed by atoms with Crippen LogP contribution in [0.5, 0.6) is 0 Å². The van der Waals surface area contributed by atoms with Crippen molar-refractivity contribution >= 4 is 17.8 Å². The van der Waals surface area contributed by atoms with Gasteiger partial charge in [0.05, 0.1) is 5.92 Å². The van der Waals surface area contributed by atoms with Crippen LogP contribution >= 0.6 is 0 Å². The fraction of sp³-hybridized carbons (Fsp3) is 0.550. The second-order valence-electron chi connectivity index (χ2n) is 8.10. The van der Waals surface area contributed by atoms with Crippen LogP contribution in [0.2, 0.25) is 0 Å². The Balaban J connectivity index is 1.46. The summed E-state index contributed by atoms with van der Waals surface area (Å²) >= 11 is 0. The number of carbonyl (C=O) groups is 3. The molecule has 3 heterocycles. The van der Waals surface area contributed by atoms with Gasteiger partial charge in [0.2, 0.25) is 5.91 Å². The average Bonchev–Trinajstić information content (AvgIpc) is 3.23. The van der Waals surface area contributed by atoms with E-state index in [2.05, 4.69) is 5.32 Å². The zero-order valence-electron chi connectivity index (χ0n) is 15.9. The van der Waals surface area contributed by atoms with Crippen molar-refractivity contribution in [1.29, 1.82) is 0 Å². The highest BCUT2D eigenvalue weighted by molar-refractivity contribution is 5.94. The Hall–Kier alpha value is -2.57. The molecule has 3 aliphatic rings. The summed E-state index contributed by atoms with van der Waals surface area (Å²) in [5.74, 6) is 0.0900. The molecule has 3 aliphatic heterocycles. The van der Waals surface area contributed by atoms with E-state index >= 15 is 0 Å². The molecule has 7 nitrogen and oxygen atoms in total. The summed E-state index contributed by atoms with van der Waals surface area (Å²) < 4.78 is 0. The minimum atomic E-state index is -0.295. The number of rotatable bonds is 1. The normalized spacial score (nSPS) is 26.1. The highest BCUT2D eigenvalue weighted by atomic mass is 16.2. The van der Waals surface area contributed by atoms with Gasteiger partial charge in [-0.1, -0.05) is 18.2 Å². The predicted octanol–water partition coefficient (Wildman–Crippen LogP) is 1.02. The SMILES string of the molecule is CN(C)C(=O)N1C[C@H]2C(=O)NC3(CCN(C(=O)c4ccccc4)CC3)[C@H]2C1. The Morgan fingerprint density at radius 3 is 2.37 bits per heavy atom. The van der Waals surface area contributed by atoms with E-state index in [-0.39, 0.29) is 35.2 Å². The van der Waals surface area contributed by atoms with E-state index in [1.807, 2.05) is 35.2 Å². The van der Waals surface area contributed by atoms with Crippen LogP contribution in [0.1, 0.15) is 23.2 Å². The van der Waals surface area contributed by atoms with Gasteiger partial charge >= 0.3 is 6.03 Å². The maximum absolute atomic E-state index is 12.7. The van der Waals surface area contributed by atoms with Crippen LogP contribution in [0.3, 0.4) is 0 Å². The Morgan fingerprint density at radius 2 is 1.74 bits per heavy atom. The molecule has 3 saturated heterocycles. The van der Waals surface area contributed by atoms with Crippen molar-refractivity contribution in [2.24, 2.45) is 11.8 Å². The number of amides is 4. The van der Waals surface area contributed by atoms with Gasteiger partial charge in [-0.25, -0.2) is 4.79 Å². The molecule has 1 aromatic rings. The van der Waals surface area contributed by atoms with E-state index in [1.54, 1.807) is 23.9 Å². The molecule has 0 unspecified atom stereocenters. The van der Waals surface area contributed by atoms with Crippen LogP contribution in [0, 0.1) is 11.8 Å². The number of carbonyl (C=O) groups excluding carboxylic acids is 3. The number of benzene rings is 1. The molecule has 27 heavy (non-hydrogen) atoms. The van der Waals surface area contributed by atoms with Crippen LogP contribution in [0.4, 0.5) is 4.79 Å². The quantitative estimate of drug-likeness (QED) is 0.802. The van der Waals surface area contributed by atoms with Crippen molar-refractivity contribution < 1.29 is 14.4 Å². The minimum Gasteiger partial charge on any atom is -0.350 e. The third-order valence-electron chi connectivity index (χ3n) is 6.36. The Labute approximate surface area is 159 Å². The van der Waals surface area contributed by atoms with Crippen LogP contribution in [0.25, 0.3) is 0 Å². The van der Waals surface area contributed by atoms with Crippen molar-refractivity contribution in [3.05, 3.63) is 35.9 Å². The number of fused-ring (bicyclic) bond motifs is 2. The molecule has 4 rings (SSSR count). The summed E-state index contributed by atoms with van der Waals surface area (Å²) in [7, 11) is 3.47. The molecule has 144 valence electrons. The molecule has 0 bridgehead atoms. The molecule has 0 aliphatic carbocycles. The maximum atomic E-state index is 12.7. The zero-order valence-corrected chi connectivity index (χ0v) is 15.9. The topological polar surface area (TPSA) is 73.0 Å². The second kappa shape index (κ2) is 6.55. The van der Waals surface area contributed by atoms with Gasteiger partial charge in [0.1, 0.15) is 0 Å². The fourth-order valence-corrected chi connectivity index (χ4v) is 4.87. The molecule has 7 heteroatoms. The summed E-state index contributed by atoms with van der Waals surface area (Å²) in [6.45, 7) is 2.34. The van der Waals surface area contributed by atoms with Gasteiger partial charge in [-0.2, -0.15) is 0 Å². The van der Waals surface area contributed by atoms with Crippen molar-refractivity contribution in [1.82, 2.24) is 20.0 Å². The standard InChI is InChI=1S/C20H26N4O3/c1-22(2)19(27)24-12-15-16(13-24)20(21-17(15)25)8-10-23(11-9-20)18(26)14-6-4-3-5-7-14/h3-7,15-16H,8-13H2,1-2H3,(H,21,25)/t15-,16+/m1/s1. The Kier molecular flexibility index (Phi) is 4.32. The van der Waals surface area contributed by atoms with E-state index < -0.39 is 0 Å². The maximum Gasteiger partial charge on any atom is 0.319 e. The third-order valence-corrected chi connectivity index (χ3v) is 6.36. The van der Waals surface area contributed by atoms with Crippen LogP contribution in [0.15, 0.2) is 30.3 Å². The minimum absolute atomic E-state index is 0.0379. The summed E-state index contributed by atoms with van der Waals surface area (Å²) in [4.78, 5) is 42.8. The van der Waals surface area contributed by atoms with E-state index in [9.17, 15) is 14.4 Å². The molecule has 1 spiro atoms. The van der Waals surface area contributed by atoms with Gasteiger partial charge in [-0.15, -0.1) is 0 Å². The predicted molar refractivity (Wildman–Crippen MR) is 100 cm³/mol. The number of piperidine rings is 1. The van der Waals surface area contributed by atoms with Crippen molar-refractivity contribution in [3.63, 3.8) is 0 Å². The fourth-order valence-electron chi connectivity index (χ4n) is 4.87. The molecule has 4 amide bonds. The Morgan fingerprint density at radius 1 is 1.07 bits per heavy atom. The van der Waals surface area contributed by atoms with Gasteiger partial charge in [0.15, 0.2) is 0 Å². The third kappa shape index (κ3) is 2.95. The van der Waals surface area contributed by atoms with Crippen molar-refractivity contribution in [3.8, 4) is 0 Å². The molecule has 3 fully saturated rings. The molecular formula is C20H26N4O3.